The molecule has 1 aliphatic rings. The highest BCUT2D eigenvalue weighted by molar-refractivity contribution is 7.89. The normalized spacial score (nSPS) is 21.2. The number of rotatable bonds is 6. The van der Waals surface area contributed by atoms with Gasteiger partial charge in [-0.1, -0.05) is 0 Å². The molecule has 1 heterocycles. The molecule has 10 heteroatoms. The lowest BCUT2D eigenvalue weighted by Crippen LogP contribution is -2.52. The Hall–Kier alpha value is -1.67. The van der Waals surface area contributed by atoms with Gasteiger partial charge in [-0.3, -0.25) is 0 Å². The maximum Gasteiger partial charge on any atom is 0.417 e. The molecule has 1 saturated heterocycles. The number of sulfonamides is 1. The van der Waals surface area contributed by atoms with Gasteiger partial charge in [0.25, 0.3) is 0 Å². The highest BCUT2D eigenvalue weighted by atomic mass is 32.2. The Morgan fingerprint density at radius 3 is 2.68 bits per heavy atom. The molecular weight excluding hydrogens is 359 g/mol. The number of alkyl halides is 3. The van der Waals surface area contributed by atoms with Crippen LogP contribution in [0.25, 0.3) is 0 Å². The fourth-order valence-electron chi connectivity index (χ4n) is 2.82. The van der Waals surface area contributed by atoms with Gasteiger partial charge in [0.05, 0.1) is 34.2 Å². The maximum absolute atomic E-state index is 12.8. The number of nitrogens with zero attached hydrogens (tertiary/aromatic N) is 1. The van der Waals surface area contributed by atoms with Crippen LogP contribution in [0.1, 0.15) is 24.0 Å². The van der Waals surface area contributed by atoms with Crippen LogP contribution < -0.4 is 10.0 Å². The number of methoxy groups -OCH3 is 1. The summed E-state index contributed by atoms with van der Waals surface area (Å²) in [5.41, 5.74) is -2.45. The third-order valence-electron chi connectivity index (χ3n) is 4.08. The number of ether oxygens (including phenoxy) is 1. The molecule has 0 aliphatic carbocycles. The highest BCUT2D eigenvalue weighted by Crippen LogP contribution is 2.32. The van der Waals surface area contributed by atoms with Crippen LogP contribution in [0.4, 0.5) is 13.2 Å². The Balaban J connectivity index is 2.24. The summed E-state index contributed by atoms with van der Waals surface area (Å²) in [5.74, 6) is 0. The van der Waals surface area contributed by atoms with E-state index in [0.717, 1.165) is 25.1 Å². The van der Waals surface area contributed by atoms with Crippen molar-refractivity contribution in [3.8, 4) is 6.07 Å². The fourth-order valence-corrected chi connectivity index (χ4v) is 3.97. The molecule has 1 aliphatic heterocycles. The number of benzene rings is 1. The molecule has 138 valence electrons. The molecule has 0 spiro atoms. The lowest BCUT2D eigenvalue weighted by atomic mass is 9.99. The molecule has 1 aromatic rings. The van der Waals surface area contributed by atoms with Gasteiger partial charge in [0.2, 0.25) is 10.0 Å². The van der Waals surface area contributed by atoms with Gasteiger partial charge >= 0.3 is 6.18 Å². The van der Waals surface area contributed by atoms with Crippen molar-refractivity contribution in [2.75, 3.05) is 26.8 Å². The molecule has 1 atom stereocenters. The second kappa shape index (κ2) is 7.29. The Bertz CT molecular complexity index is 766. The van der Waals surface area contributed by atoms with E-state index in [2.05, 4.69) is 10.0 Å². The monoisotopic (exact) mass is 377 g/mol. The third kappa shape index (κ3) is 4.49. The van der Waals surface area contributed by atoms with Crippen LogP contribution in [0.5, 0.6) is 0 Å². The zero-order chi connectivity index (χ0) is 18.7. The van der Waals surface area contributed by atoms with E-state index in [0.29, 0.717) is 19.1 Å². The molecule has 0 bridgehead atoms. The molecule has 1 aromatic carbocycles. The molecule has 0 radical (unpaired) electrons. The summed E-state index contributed by atoms with van der Waals surface area (Å²) in [6, 6.07) is 3.57. The molecule has 0 saturated carbocycles. The fraction of sp³-hybridized carbons (Fsp3) is 0.533. The summed E-state index contributed by atoms with van der Waals surface area (Å²) in [7, 11) is -2.56. The van der Waals surface area contributed by atoms with E-state index in [9.17, 15) is 21.6 Å². The van der Waals surface area contributed by atoms with Crippen LogP contribution in [0.15, 0.2) is 23.1 Å². The van der Waals surface area contributed by atoms with Crippen molar-refractivity contribution >= 4 is 10.0 Å². The van der Waals surface area contributed by atoms with Crippen molar-refractivity contribution in [3.63, 3.8) is 0 Å². The molecule has 2 N–H and O–H groups in total. The minimum Gasteiger partial charge on any atom is -0.383 e. The smallest absolute Gasteiger partial charge is 0.383 e. The average molecular weight is 377 g/mol. The largest absolute Gasteiger partial charge is 0.417 e. The summed E-state index contributed by atoms with van der Waals surface area (Å²) in [6.07, 6.45) is -3.15. The van der Waals surface area contributed by atoms with Gasteiger partial charge < -0.3 is 10.1 Å². The first-order valence-electron chi connectivity index (χ1n) is 7.48. The molecule has 1 fully saturated rings. The van der Waals surface area contributed by atoms with E-state index in [1.165, 1.54) is 13.2 Å². The highest BCUT2D eigenvalue weighted by Gasteiger charge is 2.36. The van der Waals surface area contributed by atoms with Crippen LogP contribution in [-0.2, 0) is 20.9 Å². The van der Waals surface area contributed by atoms with E-state index < -0.39 is 32.9 Å². The SMILES string of the molecule is COCC1(CNS(=O)(=O)c2ccc(C(F)(F)F)c(C#N)c2)CCCN1. The third-order valence-corrected chi connectivity index (χ3v) is 5.48. The average Bonchev–Trinajstić information content (AvgIpc) is 3.01. The van der Waals surface area contributed by atoms with Gasteiger partial charge in [0.15, 0.2) is 0 Å². The summed E-state index contributed by atoms with van der Waals surface area (Å²) >= 11 is 0. The van der Waals surface area contributed by atoms with Gasteiger partial charge in [-0.15, -0.1) is 0 Å². The van der Waals surface area contributed by atoms with E-state index >= 15 is 0 Å². The van der Waals surface area contributed by atoms with Gasteiger partial charge in [0.1, 0.15) is 0 Å². The minimum absolute atomic E-state index is 0.0338. The van der Waals surface area contributed by atoms with Crippen molar-refractivity contribution in [1.82, 2.24) is 10.0 Å². The number of halogens is 3. The van der Waals surface area contributed by atoms with Crippen molar-refractivity contribution in [1.29, 1.82) is 5.26 Å². The van der Waals surface area contributed by atoms with Crippen molar-refractivity contribution in [2.24, 2.45) is 0 Å². The Morgan fingerprint density at radius 2 is 2.16 bits per heavy atom. The van der Waals surface area contributed by atoms with E-state index in [1.807, 2.05) is 0 Å². The van der Waals surface area contributed by atoms with Gasteiger partial charge in [-0.05, 0) is 37.6 Å². The lowest BCUT2D eigenvalue weighted by molar-refractivity contribution is -0.137. The Labute approximate surface area is 144 Å². The summed E-state index contributed by atoms with van der Waals surface area (Å²) < 4.78 is 70.7. The van der Waals surface area contributed by atoms with E-state index in [-0.39, 0.29) is 11.4 Å². The van der Waals surface area contributed by atoms with Gasteiger partial charge in [-0.25, -0.2) is 13.1 Å². The zero-order valence-corrected chi connectivity index (χ0v) is 14.3. The van der Waals surface area contributed by atoms with Crippen LogP contribution in [0, 0.1) is 11.3 Å². The zero-order valence-electron chi connectivity index (χ0n) is 13.5. The first kappa shape index (κ1) is 19.7. The number of hydrogen-bond acceptors (Lipinski definition) is 5. The van der Waals surface area contributed by atoms with Crippen LogP contribution in [-0.4, -0.2) is 40.8 Å². The van der Waals surface area contributed by atoms with Crippen LogP contribution in [0.3, 0.4) is 0 Å². The minimum atomic E-state index is -4.73. The quantitative estimate of drug-likeness (QED) is 0.786. The van der Waals surface area contributed by atoms with E-state index in [4.69, 9.17) is 10.00 Å². The number of nitrogens with one attached hydrogen (secondary N) is 2. The Kier molecular flexibility index (Phi) is 5.73. The van der Waals surface area contributed by atoms with Crippen LogP contribution >= 0.6 is 0 Å². The van der Waals surface area contributed by atoms with Gasteiger partial charge in [-0.2, -0.15) is 18.4 Å². The summed E-state index contributed by atoms with van der Waals surface area (Å²) in [4.78, 5) is -0.386. The first-order chi connectivity index (χ1) is 11.6. The van der Waals surface area contributed by atoms with Gasteiger partial charge in [0, 0.05) is 13.7 Å². The maximum atomic E-state index is 12.8. The van der Waals surface area contributed by atoms with Crippen molar-refractivity contribution < 1.29 is 26.3 Å². The molecule has 25 heavy (non-hydrogen) atoms. The van der Waals surface area contributed by atoms with Crippen molar-refractivity contribution in [3.05, 3.63) is 29.3 Å². The Morgan fingerprint density at radius 1 is 1.44 bits per heavy atom. The molecule has 0 aromatic heterocycles. The number of nitriles is 1. The molecule has 1 unspecified atom stereocenters. The second-order valence-electron chi connectivity index (χ2n) is 5.89. The topological polar surface area (TPSA) is 91.2 Å². The first-order valence-corrected chi connectivity index (χ1v) is 8.97. The molecule has 0 amide bonds. The summed E-state index contributed by atoms with van der Waals surface area (Å²) in [5, 5.41) is 12.1. The second-order valence-corrected chi connectivity index (χ2v) is 7.65. The molecular formula is C15H18F3N3O3S. The number of hydrogen-bond donors (Lipinski definition) is 2. The van der Waals surface area contributed by atoms with Crippen LogP contribution in [0.2, 0.25) is 0 Å². The van der Waals surface area contributed by atoms with Crippen molar-refractivity contribution in [2.45, 2.75) is 29.5 Å². The molecule has 6 nitrogen and oxygen atoms in total. The standard InChI is InChI=1S/C15H18F3N3O3S/c1-24-10-14(5-2-6-20-14)9-21-25(22,23)12-3-4-13(15(16,17)18)11(7-12)8-19/h3-4,7,20-21H,2,5-6,9-10H2,1H3. The molecule has 2 rings (SSSR count). The lowest BCUT2D eigenvalue weighted by Gasteiger charge is -2.28. The predicted molar refractivity (Wildman–Crippen MR) is 83.2 cm³/mol. The summed E-state index contributed by atoms with van der Waals surface area (Å²) in [6.45, 7) is 1.06. The van der Waals surface area contributed by atoms with E-state index in [1.54, 1.807) is 0 Å². The predicted octanol–water partition coefficient (Wildman–Crippen LogP) is 1.62.